The Kier molecular flexibility index (Phi) is 5.73. The van der Waals surface area contributed by atoms with Gasteiger partial charge in [-0.15, -0.1) is 0 Å². The average molecular weight is 422 g/mol. The third-order valence-corrected chi connectivity index (χ3v) is 5.68. The number of ether oxygens (including phenoxy) is 3. The standard InChI is InChI=1S/C23H26N4O4/c28-22(14-27-8-11-29-12-9-27)24-17-5-6-19-16(13-17)15-31-23(25-19)26-20-7-10-30-21-4-2-1-3-18(20)21/h1-6,13,20H,7-12,14-15H2,(H,24,28)(H,25,26). The van der Waals surface area contributed by atoms with E-state index < -0.39 is 0 Å². The summed E-state index contributed by atoms with van der Waals surface area (Å²) in [6.07, 6.45) is 0.848. The highest BCUT2D eigenvalue weighted by atomic mass is 16.5. The van der Waals surface area contributed by atoms with Crippen molar-refractivity contribution in [3.8, 4) is 5.75 Å². The van der Waals surface area contributed by atoms with Gasteiger partial charge in [0.1, 0.15) is 12.4 Å². The third kappa shape index (κ3) is 4.65. The molecular weight excluding hydrogens is 396 g/mol. The van der Waals surface area contributed by atoms with E-state index in [1.165, 1.54) is 0 Å². The van der Waals surface area contributed by atoms with Crippen LogP contribution in [0.3, 0.4) is 0 Å². The van der Waals surface area contributed by atoms with Crippen LogP contribution < -0.4 is 15.4 Å². The third-order valence-electron chi connectivity index (χ3n) is 5.68. The van der Waals surface area contributed by atoms with Gasteiger partial charge in [0.2, 0.25) is 5.91 Å². The van der Waals surface area contributed by atoms with Gasteiger partial charge in [0.05, 0.1) is 38.1 Å². The van der Waals surface area contributed by atoms with Crippen LogP contribution in [0.1, 0.15) is 23.6 Å². The summed E-state index contributed by atoms with van der Waals surface area (Å²) in [4.78, 5) is 19.1. The molecule has 3 heterocycles. The Morgan fingerprint density at radius 3 is 2.87 bits per heavy atom. The normalized spacial score (nSPS) is 20.4. The number of anilines is 1. The second-order valence-corrected chi connectivity index (χ2v) is 7.86. The molecule has 0 bridgehead atoms. The number of para-hydroxylation sites is 1. The molecule has 1 atom stereocenters. The van der Waals surface area contributed by atoms with Crippen molar-refractivity contribution in [2.45, 2.75) is 19.1 Å². The van der Waals surface area contributed by atoms with Gasteiger partial charge in [-0.1, -0.05) is 18.2 Å². The van der Waals surface area contributed by atoms with Crippen LogP contribution >= 0.6 is 0 Å². The highest BCUT2D eigenvalue weighted by Gasteiger charge is 2.24. The number of hydrogen-bond donors (Lipinski definition) is 2. The van der Waals surface area contributed by atoms with Crippen molar-refractivity contribution in [1.82, 2.24) is 10.2 Å². The smallest absolute Gasteiger partial charge is 0.290 e. The Morgan fingerprint density at radius 2 is 1.97 bits per heavy atom. The fraction of sp³-hybridized carbons (Fsp3) is 0.391. The number of carbonyl (C=O) groups excluding carboxylic acids is 1. The lowest BCUT2D eigenvalue weighted by molar-refractivity contribution is -0.118. The minimum Gasteiger partial charge on any atom is -0.493 e. The molecule has 2 aromatic carbocycles. The predicted molar refractivity (Wildman–Crippen MR) is 117 cm³/mol. The molecule has 1 fully saturated rings. The number of fused-ring (bicyclic) bond motifs is 2. The van der Waals surface area contributed by atoms with Crippen LogP contribution in [0.2, 0.25) is 0 Å². The average Bonchev–Trinajstić information content (AvgIpc) is 2.80. The number of benzene rings is 2. The topological polar surface area (TPSA) is 84.4 Å². The highest BCUT2D eigenvalue weighted by Crippen LogP contribution is 2.33. The molecule has 0 saturated carbocycles. The SMILES string of the molecule is O=C(CN1CCOCC1)Nc1ccc2c(c1)COC(NC1CCOc3ccccc31)=N2. The van der Waals surface area contributed by atoms with Crippen molar-refractivity contribution in [2.75, 3.05) is 44.8 Å². The largest absolute Gasteiger partial charge is 0.493 e. The minimum absolute atomic E-state index is 0.0254. The number of rotatable bonds is 4. The lowest BCUT2D eigenvalue weighted by Crippen LogP contribution is -2.41. The van der Waals surface area contributed by atoms with Gasteiger partial charge < -0.3 is 24.8 Å². The maximum Gasteiger partial charge on any atom is 0.290 e. The Bertz CT molecular complexity index is 987. The van der Waals surface area contributed by atoms with Crippen molar-refractivity contribution in [3.05, 3.63) is 53.6 Å². The molecular formula is C23H26N4O4. The highest BCUT2D eigenvalue weighted by molar-refractivity contribution is 5.92. The molecule has 2 N–H and O–H groups in total. The van der Waals surface area contributed by atoms with Gasteiger partial charge in [-0.05, 0) is 24.3 Å². The molecule has 2 aromatic rings. The van der Waals surface area contributed by atoms with Crippen LogP contribution in [0.5, 0.6) is 5.75 Å². The molecule has 1 unspecified atom stereocenters. The quantitative estimate of drug-likeness (QED) is 0.788. The van der Waals surface area contributed by atoms with Gasteiger partial charge in [0.15, 0.2) is 0 Å². The van der Waals surface area contributed by atoms with Crippen molar-refractivity contribution >= 4 is 23.3 Å². The van der Waals surface area contributed by atoms with Gasteiger partial charge in [-0.25, -0.2) is 0 Å². The first-order chi connectivity index (χ1) is 15.2. The molecule has 1 saturated heterocycles. The van der Waals surface area contributed by atoms with E-state index >= 15 is 0 Å². The first-order valence-corrected chi connectivity index (χ1v) is 10.7. The lowest BCUT2D eigenvalue weighted by atomic mass is 10.0. The summed E-state index contributed by atoms with van der Waals surface area (Å²) < 4.78 is 16.9. The lowest BCUT2D eigenvalue weighted by Gasteiger charge is -2.28. The summed E-state index contributed by atoms with van der Waals surface area (Å²) in [6.45, 7) is 4.36. The summed E-state index contributed by atoms with van der Waals surface area (Å²) >= 11 is 0. The fourth-order valence-corrected chi connectivity index (χ4v) is 4.05. The Morgan fingerprint density at radius 1 is 1.10 bits per heavy atom. The van der Waals surface area contributed by atoms with Crippen LogP contribution in [0.15, 0.2) is 47.5 Å². The minimum atomic E-state index is -0.0254. The first-order valence-electron chi connectivity index (χ1n) is 10.7. The molecule has 0 spiro atoms. The predicted octanol–water partition coefficient (Wildman–Crippen LogP) is 2.59. The number of amides is 1. The molecule has 3 aliphatic heterocycles. The number of amidine groups is 1. The Labute approximate surface area is 181 Å². The molecule has 5 rings (SSSR count). The second-order valence-electron chi connectivity index (χ2n) is 7.86. The van der Waals surface area contributed by atoms with E-state index in [1.54, 1.807) is 0 Å². The van der Waals surface area contributed by atoms with Crippen molar-refractivity contribution in [2.24, 2.45) is 4.99 Å². The van der Waals surface area contributed by atoms with E-state index in [0.29, 0.717) is 39.0 Å². The van der Waals surface area contributed by atoms with E-state index in [0.717, 1.165) is 47.8 Å². The van der Waals surface area contributed by atoms with E-state index in [4.69, 9.17) is 14.2 Å². The monoisotopic (exact) mass is 422 g/mol. The van der Waals surface area contributed by atoms with Crippen LogP contribution in [0.4, 0.5) is 11.4 Å². The maximum absolute atomic E-state index is 12.4. The number of nitrogens with one attached hydrogen (secondary N) is 2. The molecule has 0 radical (unpaired) electrons. The van der Waals surface area contributed by atoms with E-state index in [9.17, 15) is 4.79 Å². The van der Waals surface area contributed by atoms with E-state index in [2.05, 4.69) is 26.6 Å². The molecule has 31 heavy (non-hydrogen) atoms. The summed E-state index contributed by atoms with van der Waals surface area (Å²) in [5, 5.41) is 6.38. The first kappa shape index (κ1) is 19.8. The second kappa shape index (κ2) is 8.95. The number of nitrogens with zero attached hydrogens (tertiary/aromatic N) is 2. The molecule has 1 amide bonds. The molecule has 3 aliphatic rings. The zero-order valence-electron chi connectivity index (χ0n) is 17.3. The number of hydrogen-bond acceptors (Lipinski definition) is 7. The number of carbonyl (C=O) groups is 1. The molecule has 8 heteroatoms. The summed E-state index contributed by atoms with van der Waals surface area (Å²) in [6, 6.07) is 14.4. The zero-order valence-corrected chi connectivity index (χ0v) is 17.3. The van der Waals surface area contributed by atoms with Crippen LogP contribution in [-0.4, -0.2) is 56.3 Å². The summed E-state index contributed by atoms with van der Waals surface area (Å²) in [5.74, 6) is 0.878. The summed E-state index contributed by atoms with van der Waals surface area (Å²) in [5.41, 5.74) is 3.66. The molecule has 8 nitrogen and oxygen atoms in total. The van der Waals surface area contributed by atoms with Gasteiger partial charge in [-0.3, -0.25) is 9.69 Å². The molecule has 162 valence electrons. The van der Waals surface area contributed by atoms with Crippen LogP contribution in [0, 0.1) is 0 Å². The van der Waals surface area contributed by atoms with E-state index in [-0.39, 0.29) is 11.9 Å². The Hall–Kier alpha value is -3.10. The zero-order chi connectivity index (χ0) is 21.0. The van der Waals surface area contributed by atoms with Gasteiger partial charge in [-0.2, -0.15) is 4.99 Å². The van der Waals surface area contributed by atoms with E-state index in [1.807, 2.05) is 36.4 Å². The maximum atomic E-state index is 12.4. The van der Waals surface area contributed by atoms with Gasteiger partial charge in [0.25, 0.3) is 6.02 Å². The Balaban J connectivity index is 1.23. The van der Waals surface area contributed by atoms with Crippen molar-refractivity contribution in [1.29, 1.82) is 0 Å². The fourth-order valence-electron chi connectivity index (χ4n) is 4.05. The molecule has 0 aromatic heterocycles. The van der Waals surface area contributed by atoms with Crippen LogP contribution in [0.25, 0.3) is 0 Å². The van der Waals surface area contributed by atoms with Crippen molar-refractivity contribution in [3.63, 3.8) is 0 Å². The number of aliphatic imine (C=N–C) groups is 1. The van der Waals surface area contributed by atoms with Gasteiger partial charge in [0, 0.05) is 36.3 Å². The molecule has 0 aliphatic carbocycles. The van der Waals surface area contributed by atoms with Gasteiger partial charge >= 0.3 is 0 Å². The van der Waals surface area contributed by atoms with Crippen molar-refractivity contribution < 1.29 is 19.0 Å². The summed E-state index contributed by atoms with van der Waals surface area (Å²) in [7, 11) is 0. The number of morpholine rings is 1. The van der Waals surface area contributed by atoms with Crippen LogP contribution in [-0.2, 0) is 20.9 Å².